The molecule has 1 heterocycles. The molecule has 1 aromatic carbocycles. The predicted octanol–water partition coefficient (Wildman–Crippen LogP) is 3.40. The quantitative estimate of drug-likeness (QED) is 0.733. The van der Waals surface area contributed by atoms with Gasteiger partial charge < -0.3 is 15.5 Å². The third-order valence-corrected chi connectivity index (χ3v) is 3.97. The third-order valence-electron chi connectivity index (χ3n) is 3.15. The van der Waals surface area contributed by atoms with E-state index in [1.165, 1.54) is 6.20 Å². The van der Waals surface area contributed by atoms with Crippen molar-refractivity contribution in [3.05, 3.63) is 46.2 Å². The molecule has 2 rings (SSSR count). The summed E-state index contributed by atoms with van der Waals surface area (Å²) in [5.41, 5.74) is 0.685. The summed E-state index contributed by atoms with van der Waals surface area (Å²) in [5.74, 6) is 0.0384. The molecule has 128 valence electrons. The van der Waals surface area contributed by atoms with Crippen molar-refractivity contribution < 1.29 is 4.79 Å². The minimum atomic E-state index is -0.377. The maximum Gasteiger partial charge on any atom is 0.274 e. The molecule has 6 nitrogen and oxygen atoms in total. The van der Waals surface area contributed by atoms with E-state index in [1.54, 1.807) is 24.3 Å². The average molecular weight is 368 g/mol. The molecule has 0 fully saturated rings. The summed E-state index contributed by atoms with van der Waals surface area (Å²) in [4.78, 5) is 22.7. The minimum absolute atomic E-state index is 0.246. The number of amides is 1. The van der Waals surface area contributed by atoms with Crippen LogP contribution in [-0.4, -0.2) is 48.0 Å². The van der Waals surface area contributed by atoms with Gasteiger partial charge in [0.2, 0.25) is 5.95 Å². The van der Waals surface area contributed by atoms with Crippen LogP contribution in [0.1, 0.15) is 16.9 Å². The van der Waals surface area contributed by atoms with E-state index in [9.17, 15) is 4.79 Å². The monoisotopic (exact) mass is 367 g/mol. The van der Waals surface area contributed by atoms with E-state index in [0.717, 1.165) is 19.5 Å². The first kappa shape index (κ1) is 18.4. The van der Waals surface area contributed by atoms with Crippen molar-refractivity contribution in [2.75, 3.05) is 37.8 Å². The van der Waals surface area contributed by atoms with Crippen molar-refractivity contribution in [3.8, 4) is 0 Å². The molecule has 0 bridgehead atoms. The van der Waals surface area contributed by atoms with Gasteiger partial charge in [0.1, 0.15) is 5.69 Å². The first-order chi connectivity index (χ1) is 11.5. The summed E-state index contributed by atoms with van der Waals surface area (Å²) < 4.78 is 0. The number of anilines is 2. The van der Waals surface area contributed by atoms with Gasteiger partial charge in [-0.15, -0.1) is 0 Å². The standard InChI is InChI=1S/C16H19Cl2N5O/c1-23(2)10-4-8-19-16-20-9-7-13(22-16)15(24)21-12-6-3-5-11(17)14(12)18/h3,5-7,9H,4,8,10H2,1-2H3,(H,21,24)(H,19,20,22). The fourth-order valence-electron chi connectivity index (χ4n) is 1.95. The number of hydrogen-bond donors (Lipinski definition) is 2. The minimum Gasteiger partial charge on any atom is -0.354 e. The van der Waals surface area contributed by atoms with Crippen LogP contribution in [0.2, 0.25) is 10.0 Å². The molecule has 0 saturated heterocycles. The number of hydrogen-bond acceptors (Lipinski definition) is 5. The van der Waals surface area contributed by atoms with Crippen molar-refractivity contribution in [1.82, 2.24) is 14.9 Å². The molecule has 0 saturated carbocycles. The number of rotatable bonds is 7. The molecule has 0 spiro atoms. The smallest absolute Gasteiger partial charge is 0.274 e. The molecule has 1 amide bonds. The van der Waals surface area contributed by atoms with Crippen LogP contribution >= 0.6 is 23.2 Å². The maximum atomic E-state index is 12.3. The Bertz CT molecular complexity index is 709. The molecule has 0 unspecified atom stereocenters. The Kier molecular flexibility index (Phi) is 6.78. The van der Waals surface area contributed by atoms with E-state index in [-0.39, 0.29) is 11.6 Å². The second-order valence-electron chi connectivity index (χ2n) is 5.40. The summed E-state index contributed by atoms with van der Waals surface area (Å²) in [7, 11) is 4.03. The Morgan fingerprint density at radius 3 is 2.79 bits per heavy atom. The zero-order chi connectivity index (χ0) is 17.5. The summed E-state index contributed by atoms with van der Waals surface area (Å²) >= 11 is 12.0. The van der Waals surface area contributed by atoms with E-state index in [2.05, 4.69) is 25.5 Å². The Hall–Kier alpha value is -1.89. The van der Waals surface area contributed by atoms with Crippen LogP contribution in [0.25, 0.3) is 0 Å². The van der Waals surface area contributed by atoms with Crippen LogP contribution < -0.4 is 10.6 Å². The number of nitrogens with one attached hydrogen (secondary N) is 2. The lowest BCUT2D eigenvalue weighted by atomic mass is 10.3. The largest absolute Gasteiger partial charge is 0.354 e. The average Bonchev–Trinajstić information content (AvgIpc) is 2.56. The summed E-state index contributed by atoms with van der Waals surface area (Å²) in [6.07, 6.45) is 2.49. The van der Waals surface area contributed by atoms with E-state index >= 15 is 0 Å². The van der Waals surface area contributed by atoms with Gasteiger partial charge in [0.25, 0.3) is 5.91 Å². The number of aromatic nitrogens is 2. The summed E-state index contributed by atoms with van der Waals surface area (Å²) in [6.45, 7) is 1.68. The molecule has 0 radical (unpaired) electrons. The van der Waals surface area contributed by atoms with E-state index in [1.807, 2.05) is 14.1 Å². The van der Waals surface area contributed by atoms with Crippen molar-refractivity contribution in [3.63, 3.8) is 0 Å². The van der Waals surface area contributed by atoms with Crippen LogP contribution in [0.4, 0.5) is 11.6 Å². The van der Waals surface area contributed by atoms with Gasteiger partial charge in [0, 0.05) is 12.7 Å². The van der Waals surface area contributed by atoms with Gasteiger partial charge in [-0.25, -0.2) is 9.97 Å². The highest BCUT2D eigenvalue weighted by atomic mass is 35.5. The zero-order valence-electron chi connectivity index (χ0n) is 13.5. The second kappa shape index (κ2) is 8.82. The molecule has 1 aromatic heterocycles. The van der Waals surface area contributed by atoms with Crippen LogP contribution in [0.15, 0.2) is 30.5 Å². The van der Waals surface area contributed by atoms with Gasteiger partial charge in [-0.1, -0.05) is 29.3 Å². The molecular weight excluding hydrogens is 349 g/mol. The van der Waals surface area contributed by atoms with Crippen LogP contribution in [0.3, 0.4) is 0 Å². The van der Waals surface area contributed by atoms with Crippen molar-refractivity contribution in [2.45, 2.75) is 6.42 Å². The lowest BCUT2D eigenvalue weighted by Gasteiger charge is -2.10. The normalized spacial score (nSPS) is 10.7. The first-order valence-corrected chi connectivity index (χ1v) is 8.20. The highest BCUT2D eigenvalue weighted by Crippen LogP contribution is 2.29. The molecular formula is C16H19Cl2N5O. The molecule has 2 N–H and O–H groups in total. The zero-order valence-corrected chi connectivity index (χ0v) is 15.0. The SMILES string of the molecule is CN(C)CCCNc1nccc(C(=O)Nc2cccc(Cl)c2Cl)n1. The molecule has 0 aliphatic rings. The van der Waals surface area contributed by atoms with Gasteiger partial charge in [-0.3, -0.25) is 4.79 Å². The fraction of sp³-hybridized carbons (Fsp3) is 0.312. The summed E-state index contributed by atoms with van der Waals surface area (Å²) in [6, 6.07) is 6.58. The van der Waals surface area contributed by atoms with E-state index in [4.69, 9.17) is 23.2 Å². The molecule has 0 atom stereocenters. The van der Waals surface area contributed by atoms with Crippen LogP contribution in [0, 0.1) is 0 Å². The predicted molar refractivity (Wildman–Crippen MR) is 98.1 cm³/mol. The number of benzene rings is 1. The van der Waals surface area contributed by atoms with Gasteiger partial charge >= 0.3 is 0 Å². The lowest BCUT2D eigenvalue weighted by Crippen LogP contribution is -2.18. The number of carbonyl (C=O) groups is 1. The van der Waals surface area contributed by atoms with Gasteiger partial charge in [0.05, 0.1) is 15.7 Å². The number of nitrogens with zero attached hydrogens (tertiary/aromatic N) is 3. The molecule has 24 heavy (non-hydrogen) atoms. The number of halogens is 2. The molecule has 8 heteroatoms. The Morgan fingerprint density at radius 1 is 1.25 bits per heavy atom. The number of carbonyl (C=O) groups excluding carboxylic acids is 1. The molecule has 0 aliphatic heterocycles. The van der Waals surface area contributed by atoms with Crippen LogP contribution in [0.5, 0.6) is 0 Å². The van der Waals surface area contributed by atoms with Crippen LogP contribution in [-0.2, 0) is 0 Å². The second-order valence-corrected chi connectivity index (χ2v) is 6.19. The van der Waals surface area contributed by atoms with Crippen molar-refractivity contribution in [2.24, 2.45) is 0 Å². The van der Waals surface area contributed by atoms with Gasteiger partial charge in [0.15, 0.2) is 0 Å². The van der Waals surface area contributed by atoms with Gasteiger partial charge in [-0.2, -0.15) is 0 Å². The van der Waals surface area contributed by atoms with Gasteiger partial charge in [-0.05, 0) is 45.3 Å². The van der Waals surface area contributed by atoms with Crippen molar-refractivity contribution in [1.29, 1.82) is 0 Å². The Labute approximate surface area is 151 Å². The first-order valence-electron chi connectivity index (χ1n) is 7.44. The summed E-state index contributed by atoms with van der Waals surface area (Å²) in [5, 5.41) is 6.47. The van der Waals surface area contributed by atoms with Crippen molar-refractivity contribution >= 4 is 40.7 Å². The lowest BCUT2D eigenvalue weighted by molar-refractivity contribution is 0.102. The third kappa shape index (κ3) is 5.33. The molecule has 2 aromatic rings. The molecule has 0 aliphatic carbocycles. The Balaban J connectivity index is 1.99. The fourth-order valence-corrected chi connectivity index (χ4v) is 2.30. The Morgan fingerprint density at radius 2 is 2.04 bits per heavy atom. The highest BCUT2D eigenvalue weighted by molar-refractivity contribution is 6.44. The topological polar surface area (TPSA) is 70.2 Å². The van der Waals surface area contributed by atoms with E-state index < -0.39 is 0 Å². The highest BCUT2D eigenvalue weighted by Gasteiger charge is 2.12. The van der Waals surface area contributed by atoms with E-state index in [0.29, 0.717) is 21.7 Å². The maximum absolute atomic E-state index is 12.3.